The molecule has 31 heavy (non-hydrogen) atoms. The first-order valence-electron chi connectivity index (χ1n) is 9.74. The number of carbonyl (C=O) groups is 1. The highest BCUT2D eigenvalue weighted by Crippen LogP contribution is 2.28. The van der Waals surface area contributed by atoms with E-state index in [9.17, 15) is 4.79 Å². The van der Waals surface area contributed by atoms with Crippen molar-refractivity contribution >= 4 is 34.1 Å². The molecular formula is C24H18N4O2S. The molecule has 0 bridgehead atoms. The van der Waals surface area contributed by atoms with Crippen LogP contribution in [0, 0.1) is 0 Å². The Labute approximate surface area is 182 Å². The number of hydrogen-bond acceptors (Lipinski definition) is 5. The second-order valence-corrected chi connectivity index (χ2v) is 7.80. The van der Waals surface area contributed by atoms with Crippen LogP contribution >= 0.6 is 11.8 Å². The van der Waals surface area contributed by atoms with Crippen molar-refractivity contribution in [1.82, 2.24) is 14.8 Å². The fourth-order valence-corrected chi connectivity index (χ4v) is 4.08. The van der Waals surface area contributed by atoms with Crippen molar-refractivity contribution < 1.29 is 9.21 Å². The van der Waals surface area contributed by atoms with Gasteiger partial charge in [-0.15, -0.1) is 10.2 Å². The topological polar surface area (TPSA) is 73.0 Å². The molecule has 6 nitrogen and oxygen atoms in total. The number of nitrogens with zero attached hydrogens (tertiary/aromatic N) is 3. The number of amides is 1. The number of fused-ring (bicyclic) bond motifs is 1. The van der Waals surface area contributed by atoms with E-state index in [2.05, 4.69) is 15.5 Å². The molecule has 2 heterocycles. The van der Waals surface area contributed by atoms with Crippen molar-refractivity contribution in [2.75, 3.05) is 11.1 Å². The van der Waals surface area contributed by atoms with Crippen LogP contribution in [0.3, 0.4) is 0 Å². The lowest BCUT2D eigenvalue weighted by Gasteiger charge is -2.09. The van der Waals surface area contributed by atoms with Gasteiger partial charge in [-0.25, -0.2) is 0 Å². The largest absolute Gasteiger partial charge is 0.461 e. The minimum Gasteiger partial charge on any atom is -0.461 e. The molecule has 1 amide bonds. The molecule has 1 N–H and O–H groups in total. The summed E-state index contributed by atoms with van der Waals surface area (Å²) in [6.07, 6.45) is 1.60. The van der Waals surface area contributed by atoms with E-state index in [0.717, 1.165) is 22.1 Å². The highest BCUT2D eigenvalue weighted by atomic mass is 32.2. The molecule has 7 heteroatoms. The Morgan fingerprint density at radius 3 is 2.52 bits per heavy atom. The maximum Gasteiger partial charge on any atom is 0.234 e. The van der Waals surface area contributed by atoms with Crippen molar-refractivity contribution in [2.45, 2.75) is 5.16 Å². The van der Waals surface area contributed by atoms with E-state index in [1.807, 2.05) is 89.5 Å². The highest BCUT2D eigenvalue weighted by molar-refractivity contribution is 7.99. The lowest BCUT2D eigenvalue weighted by molar-refractivity contribution is -0.113. The predicted molar refractivity (Wildman–Crippen MR) is 122 cm³/mol. The molecule has 0 saturated carbocycles. The van der Waals surface area contributed by atoms with Gasteiger partial charge in [-0.3, -0.25) is 9.36 Å². The third-order valence-electron chi connectivity index (χ3n) is 4.75. The van der Waals surface area contributed by atoms with Crippen LogP contribution in [0.25, 0.3) is 28.0 Å². The normalized spacial score (nSPS) is 11.0. The summed E-state index contributed by atoms with van der Waals surface area (Å²) in [5, 5.41) is 14.4. The smallest absolute Gasteiger partial charge is 0.234 e. The minimum atomic E-state index is -0.109. The number of hydrogen-bond donors (Lipinski definition) is 1. The second kappa shape index (κ2) is 8.49. The molecule has 152 valence electrons. The Morgan fingerprint density at radius 1 is 0.903 bits per heavy atom. The standard InChI is InChI=1S/C24H18N4O2S/c29-22(25-19-13-12-17-7-4-5-8-18(17)15-19)16-31-24-27-26-23(21-11-6-14-30-21)28(24)20-9-2-1-3-10-20/h1-15H,16H2,(H,25,29). The van der Waals surface area contributed by atoms with Crippen molar-refractivity contribution in [1.29, 1.82) is 0 Å². The number of furan rings is 1. The van der Waals surface area contributed by atoms with E-state index in [4.69, 9.17) is 4.42 Å². The molecule has 0 saturated heterocycles. The third-order valence-corrected chi connectivity index (χ3v) is 5.68. The van der Waals surface area contributed by atoms with Gasteiger partial charge in [0.2, 0.25) is 11.7 Å². The Morgan fingerprint density at radius 2 is 1.71 bits per heavy atom. The summed E-state index contributed by atoms with van der Waals surface area (Å²) >= 11 is 1.33. The third kappa shape index (κ3) is 4.08. The van der Waals surface area contributed by atoms with Crippen LogP contribution in [0.5, 0.6) is 0 Å². The summed E-state index contributed by atoms with van der Waals surface area (Å²) in [5.41, 5.74) is 1.67. The Balaban J connectivity index is 1.35. The van der Waals surface area contributed by atoms with Gasteiger partial charge in [-0.05, 0) is 47.2 Å². The molecule has 5 aromatic rings. The Bertz CT molecular complexity index is 1330. The number of rotatable bonds is 6. The van der Waals surface area contributed by atoms with Gasteiger partial charge in [0, 0.05) is 11.4 Å². The zero-order valence-electron chi connectivity index (χ0n) is 16.4. The fourth-order valence-electron chi connectivity index (χ4n) is 3.33. The molecule has 0 aliphatic carbocycles. The van der Waals surface area contributed by atoms with E-state index < -0.39 is 0 Å². The minimum absolute atomic E-state index is 0.109. The van der Waals surface area contributed by atoms with Gasteiger partial charge in [0.05, 0.1) is 12.0 Å². The van der Waals surface area contributed by atoms with Crippen LogP contribution in [-0.4, -0.2) is 26.4 Å². The van der Waals surface area contributed by atoms with Crippen molar-refractivity contribution in [2.24, 2.45) is 0 Å². The molecular weight excluding hydrogens is 408 g/mol. The number of para-hydroxylation sites is 1. The lowest BCUT2D eigenvalue weighted by atomic mass is 10.1. The van der Waals surface area contributed by atoms with E-state index in [-0.39, 0.29) is 11.7 Å². The average molecular weight is 427 g/mol. The van der Waals surface area contributed by atoms with Crippen LogP contribution in [0.4, 0.5) is 5.69 Å². The first-order chi connectivity index (χ1) is 15.3. The second-order valence-electron chi connectivity index (χ2n) is 6.85. The zero-order chi connectivity index (χ0) is 21.0. The summed E-state index contributed by atoms with van der Waals surface area (Å²) < 4.78 is 7.42. The average Bonchev–Trinajstić information content (AvgIpc) is 3.48. The quantitative estimate of drug-likeness (QED) is 0.368. The lowest BCUT2D eigenvalue weighted by Crippen LogP contribution is -2.14. The van der Waals surface area contributed by atoms with Gasteiger partial charge in [0.25, 0.3) is 0 Å². The first kappa shape index (κ1) is 19.1. The van der Waals surface area contributed by atoms with Gasteiger partial charge in [-0.2, -0.15) is 0 Å². The van der Waals surface area contributed by atoms with Crippen molar-refractivity contribution in [3.63, 3.8) is 0 Å². The first-order valence-corrected chi connectivity index (χ1v) is 10.7. The molecule has 2 aromatic heterocycles. The van der Waals surface area contributed by atoms with E-state index in [1.165, 1.54) is 11.8 Å². The van der Waals surface area contributed by atoms with Crippen LogP contribution < -0.4 is 5.32 Å². The molecule has 0 spiro atoms. The molecule has 0 fully saturated rings. The molecule has 5 rings (SSSR count). The predicted octanol–water partition coefficient (Wildman–Crippen LogP) is 5.41. The van der Waals surface area contributed by atoms with Crippen molar-refractivity contribution in [3.8, 4) is 17.3 Å². The molecule has 0 radical (unpaired) electrons. The monoisotopic (exact) mass is 426 g/mol. The highest BCUT2D eigenvalue weighted by Gasteiger charge is 2.18. The van der Waals surface area contributed by atoms with Crippen LogP contribution in [-0.2, 0) is 4.79 Å². The number of carbonyl (C=O) groups excluding carboxylic acids is 1. The summed E-state index contributed by atoms with van der Waals surface area (Å²) in [6, 6.07) is 27.4. The maximum absolute atomic E-state index is 12.6. The number of nitrogens with one attached hydrogen (secondary N) is 1. The number of thioether (sulfide) groups is 1. The Kier molecular flexibility index (Phi) is 5.24. The number of anilines is 1. The molecule has 0 aliphatic heterocycles. The van der Waals surface area contributed by atoms with Gasteiger partial charge in [0.1, 0.15) is 0 Å². The molecule has 0 atom stereocenters. The van der Waals surface area contributed by atoms with E-state index in [1.54, 1.807) is 6.26 Å². The zero-order valence-corrected chi connectivity index (χ0v) is 17.3. The van der Waals surface area contributed by atoms with Gasteiger partial charge >= 0.3 is 0 Å². The van der Waals surface area contributed by atoms with Gasteiger partial charge in [-0.1, -0.05) is 60.3 Å². The van der Waals surface area contributed by atoms with E-state index in [0.29, 0.717) is 16.7 Å². The Hall–Kier alpha value is -3.84. The fraction of sp³-hybridized carbons (Fsp3) is 0.0417. The van der Waals surface area contributed by atoms with E-state index >= 15 is 0 Å². The molecule has 0 aliphatic rings. The summed E-state index contributed by atoms with van der Waals surface area (Å²) in [5.74, 6) is 1.30. The van der Waals surface area contributed by atoms with Crippen LogP contribution in [0.2, 0.25) is 0 Å². The summed E-state index contributed by atoms with van der Waals surface area (Å²) in [6.45, 7) is 0. The molecule has 0 unspecified atom stereocenters. The van der Waals surface area contributed by atoms with Crippen LogP contribution in [0.1, 0.15) is 0 Å². The number of aromatic nitrogens is 3. The number of benzene rings is 3. The molecule has 3 aromatic carbocycles. The van der Waals surface area contributed by atoms with Crippen molar-refractivity contribution in [3.05, 3.63) is 91.2 Å². The SMILES string of the molecule is O=C(CSc1nnc(-c2ccco2)n1-c1ccccc1)Nc1ccc2ccccc2c1. The van der Waals surface area contributed by atoms with Crippen LogP contribution in [0.15, 0.2) is 101 Å². The summed E-state index contributed by atoms with van der Waals surface area (Å²) in [4.78, 5) is 12.6. The van der Waals surface area contributed by atoms with Gasteiger partial charge < -0.3 is 9.73 Å². The van der Waals surface area contributed by atoms with Gasteiger partial charge in [0.15, 0.2) is 10.9 Å². The maximum atomic E-state index is 12.6. The summed E-state index contributed by atoms with van der Waals surface area (Å²) in [7, 11) is 0.